The maximum Gasteiger partial charge on any atom is 0.333 e. The summed E-state index contributed by atoms with van der Waals surface area (Å²) in [7, 11) is 0. The van der Waals surface area contributed by atoms with Crippen LogP contribution in [0.2, 0.25) is 0 Å². The lowest BCUT2D eigenvalue weighted by molar-refractivity contribution is -0.150. The average molecular weight is 347 g/mol. The number of esters is 1. The second kappa shape index (κ2) is 7.14. The third-order valence-electron chi connectivity index (χ3n) is 5.50. The maximum atomic E-state index is 13.0. The summed E-state index contributed by atoms with van der Waals surface area (Å²) in [5.41, 5.74) is -0.204. The molecular weight excluding hydrogens is 326 g/mol. The molecule has 0 spiro atoms. The molecule has 0 unspecified atom stereocenters. The number of nitrogens with one attached hydrogen (secondary N) is 1. The Morgan fingerprint density at radius 1 is 1.35 bits per heavy atom. The van der Waals surface area contributed by atoms with Crippen molar-refractivity contribution in [3.63, 3.8) is 0 Å². The number of ether oxygens (including phenoxy) is 1. The first kappa shape index (κ1) is 17.9. The van der Waals surface area contributed by atoms with Crippen LogP contribution in [0.5, 0.6) is 0 Å². The van der Waals surface area contributed by atoms with Crippen molar-refractivity contribution in [2.24, 2.45) is 17.3 Å². The Hall–Kier alpha value is -2.92. The molecule has 2 aliphatic carbocycles. The zero-order valence-electron chi connectivity index (χ0n) is 14.7. The van der Waals surface area contributed by atoms with Crippen LogP contribution in [0, 0.1) is 45.3 Å². The van der Waals surface area contributed by atoms with E-state index in [2.05, 4.69) is 12.1 Å². The van der Waals surface area contributed by atoms with Crippen LogP contribution in [0.3, 0.4) is 0 Å². The van der Waals surface area contributed by atoms with E-state index in [4.69, 9.17) is 10.1 Å². The summed E-state index contributed by atoms with van der Waals surface area (Å²) in [6.45, 7) is 1.81. The fourth-order valence-electron chi connectivity index (χ4n) is 4.42. The zero-order valence-corrected chi connectivity index (χ0v) is 14.7. The van der Waals surface area contributed by atoms with Gasteiger partial charge in [-0.1, -0.05) is 36.4 Å². The molecular formula is C21H21N3O2. The molecule has 1 aromatic carbocycles. The van der Waals surface area contributed by atoms with E-state index in [0.717, 1.165) is 30.4 Å². The van der Waals surface area contributed by atoms with Crippen LogP contribution in [0.25, 0.3) is 0 Å². The number of carbonyl (C=O) groups excluding carboxylic acids is 1. The minimum Gasteiger partial charge on any atom is -0.464 e. The van der Waals surface area contributed by atoms with Crippen molar-refractivity contribution in [1.82, 2.24) is 0 Å². The number of carbonyl (C=O) groups is 1. The first-order valence-electron chi connectivity index (χ1n) is 8.93. The highest BCUT2D eigenvalue weighted by atomic mass is 16.5. The zero-order chi connectivity index (χ0) is 18.7. The molecule has 0 radical (unpaired) electrons. The van der Waals surface area contributed by atoms with Crippen molar-refractivity contribution >= 4 is 11.7 Å². The van der Waals surface area contributed by atoms with Crippen LogP contribution in [0.15, 0.2) is 42.0 Å². The van der Waals surface area contributed by atoms with Gasteiger partial charge in [0.2, 0.25) is 5.41 Å². The topological polar surface area (TPSA) is 97.7 Å². The summed E-state index contributed by atoms with van der Waals surface area (Å²) in [6, 6.07) is 13.7. The molecule has 1 aromatic rings. The number of fused-ring (bicyclic) bond motifs is 1. The minimum atomic E-state index is -1.77. The van der Waals surface area contributed by atoms with Crippen LogP contribution in [0.1, 0.15) is 37.7 Å². The number of hydrogen-bond donors (Lipinski definition) is 1. The van der Waals surface area contributed by atoms with E-state index in [1.165, 1.54) is 0 Å². The minimum absolute atomic E-state index is 0.117. The van der Waals surface area contributed by atoms with Gasteiger partial charge in [0.15, 0.2) is 0 Å². The Morgan fingerprint density at radius 2 is 2.08 bits per heavy atom. The molecule has 1 fully saturated rings. The summed E-state index contributed by atoms with van der Waals surface area (Å²) in [6.07, 6.45) is 4.61. The summed E-state index contributed by atoms with van der Waals surface area (Å²) >= 11 is 0. The van der Waals surface area contributed by atoms with Crippen molar-refractivity contribution in [2.45, 2.75) is 32.1 Å². The third-order valence-corrected chi connectivity index (χ3v) is 5.50. The van der Waals surface area contributed by atoms with E-state index in [-0.39, 0.29) is 18.2 Å². The Labute approximate surface area is 153 Å². The van der Waals surface area contributed by atoms with E-state index >= 15 is 0 Å². The molecule has 0 bridgehead atoms. The molecule has 5 heteroatoms. The first-order valence-corrected chi connectivity index (χ1v) is 8.93. The predicted octanol–water partition coefficient (Wildman–Crippen LogP) is 3.74. The molecule has 0 amide bonds. The molecule has 1 saturated carbocycles. The van der Waals surface area contributed by atoms with E-state index in [1.807, 2.05) is 36.4 Å². The van der Waals surface area contributed by atoms with Crippen molar-refractivity contribution in [3.8, 4) is 12.1 Å². The van der Waals surface area contributed by atoms with Gasteiger partial charge in [-0.15, -0.1) is 0 Å². The molecule has 4 atom stereocenters. The average Bonchev–Trinajstić information content (AvgIpc) is 2.68. The fourth-order valence-corrected chi connectivity index (χ4v) is 4.42. The van der Waals surface area contributed by atoms with Crippen LogP contribution in [-0.2, 0) is 9.53 Å². The number of rotatable bonds is 3. The van der Waals surface area contributed by atoms with Gasteiger partial charge < -0.3 is 10.1 Å². The number of nitrogens with zero attached hydrogens (tertiary/aromatic N) is 2. The Bertz CT molecular complexity index is 831. The molecule has 3 rings (SSSR count). The Kier molecular flexibility index (Phi) is 4.91. The second-order valence-electron chi connectivity index (χ2n) is 6.75. The molecule has 0 saturated heterocycles. The Balaban J connectivity index is 2.27. The summed E-state index contributed by atoms with van der Waals surface area (Å²) in [4.78, 5) is 13.0. The summed E-state index contributed by atoms with van der Waals surface area (Å²) in [5.74, 6) is -2.19. The highest BCUT2D eigenvalue weighted by molar-refractivity contribution is 6.13. The van der Waals surface area contributed by atoms with Gasteiger partial charge in [0.25, 0.3) is 0 Å². The van der Waals surface area contributed by atoms with Gasteiger partial charge in [0.1, 0.15) is 5.92 Å². The number of hydrogen-bond acceptors (Lipinski definition) is 5. The SMILES string of the molecule is CCOC(=O)[C@]1(C#N)C(=N)[C@H](C#N)C2=CCCC[C@H]2[C@@H]1c1ccccc1. The summed E-state index contributed by atoms with van der Waals surface area (Å²) in [5, 5.41) is 28.5. The van der Waals surface area contributed by atoms with Gasteiger partial charge in [-0.05, 0) is 43.2 Å². The van der Waals surface area contributed by atoms with Crippen molar-refractivity contribution in [1.29, 1.82) is 15.9 Å². The van der Waals surface area contributed by atoms with E-state index in [9.17, 15) is 15.3 Å². The van der Waals surface area contributed by atoms with E-state index < -0.39 is 23.2 Å². The lowest BCUT2D eigenvalue weighted by atomic mass is 9.52. The van der Waals surface area contributed by atoms with Gasteiger partial charge in [0, 0.05) is 5.92 Å². The van der Waals surface area contributed by atoms with Crippen LogP contribution < -0.4 is 0 Å². The molecule has 26 heavy (non-hydrogen) atoms. The number of allylic oxidation sites excluding steroid dienone is 2. The largest absolute Gasteiger partial charge is 0.464 e. The molecule has 132 valence electrons. The van der Waals surface area contributed by atoms with Gasteiger partial charge in [-0.2, -0.15) is 10.5 Å². The predicted molar refractivity (Wildman–Crippen MR) is 96.1 cm³/mol. The van der Waals surface area contributed by atoms with Gasteiger partial charge >= 0.3 is 5.97 Å². The first-order chi connectivity index (χ1) is 12.6. The van der Waals surface area contributed by atoms with Crippen LogP contribution in [-0.4, -0.2) is 18.3 Å². The Morgan fingerprint density at radius 3 is 2.69 bits per heavy atom. The van der Waals surface area contributed by atoms with Crippen LogP contribution >= 0.6 is 0 Å². The third kappa shape index (κ3) is 2.52. The van der Waals surface area contributed by atoms with Crippen molar-refractivity contribution < 1.29 is 9.53 Å². The number of benzene rings is 1. The lowest BCUT2D eigenvalue weighted by Gasteiger charge is -2.47. The normalized spacial score (nSPS) is 30.3. The van der Waals surface area contributed by atoms with Gasteiger partial charge in [-0.25, -0.2) is 4.79 Å². The monoisotopic (exact) mass is 347 g/mol. The highest BCUT2D eigenvalue weighted by Crippen LogP contribution is 2.55. The maximum absolute atomic E-state index is 13.0. The van der Waals surface area contributed by atoms with Crippen molar-refractivity contribution in [3.05, 3.63) is 47.5 Å². The fraction of sp³-hybridized carbons (Fsp3) is 0.429. The molecule has 5 nitrogen and oxygen atoms in total. The molecule has 0 aromatic heterocycles. The summed E-state index contributed by atoms with van der Waals surface area (Å²) < 4.78 is 5.24. The molecule has 0 aliphatic heterocycles. The standard InChI is InChI=1S/C21H21N3O2/c1-2-26-20(25)21(13-23)18(14-8-4-3-5-9-14)16-11-7-6-10-15(16)17(12-22)19(21)24/h3-5,8-10,16-18,24H,2,6-7,11H2,1H3/t16-,17-,18+,21+/m1/s1. The quantitative estimate of drug-likeness (QED) is 0.665. The molecule has 1 N–H and O–H groups in total. The van der Waals surface area contributed by atoms with E-state index in [0.29, 0.717) is 0 Å². The lowest BCUT2D eigenvalue weighted by Crippen LogP contribution is -2.54. The molecule has 0 heterocycles. The number of nitriles is 2. The van der Waals surface area contributed by atoms with Gasteiger partial charge in [0.05, 0.1) is 24.5 Å². The van der Waals surface area contributed by atoms with E-state index in [1.54, 1.807) is 6.92 Å². The van der Waals surface area contributed by atoms with Crippen LogP contribution in [0.4, 0.5) is 0 Å². The second-order valence-corrected chi connectivity index (χ2v) is 6.75. The molecule has 2 aliphatic rings. The van der Waals surface area contributed by atoms with Gasteiger partial charge in [-0.3, -0.25) is 0 Å². The highest BCUT2D eigenvalue weighted by Gasteiger charge is 2.61. The smallest absolute Gasteiger partial charge is 0.333 e. The van der Waals surface area contributed by atoms with Crippen molar-refractivity contribution in [2.75, 3.05) is 6.61 Å².